The van der Waals surface area contributed by atoms with Crippen molar-refractivity contribution in [1.29, 1.82) is 0 Å². The van der Waals surface area contributed by atoms with Gasteiger partial charge in [-0.1, -0.05) is 23.7 Å². The van der Waals surface area contributed by atoms with E-state index in [0.29, 0.717) is 15.6 Å². The van der Waals surface area contributed by atoms with Crippen molar-refractivity contribution in [3.8, 4) is 0 Å². The molecule has 1 amide bonds. The summed E-state index contributed by atoms with van der Waals surface area (Å²) in [5.74, 6) is -0.801. The minimum Gasteiger partial charge on any atom is -0.375 e. The van der Waals surface area contributed by atoms with E-state index in [0.717, 1.165) is 7.05 Å². The van der Waals surface area contributed by atoms with Gasteiger partial charge in [0.15, 0.2) is 5.60 Å². The third-order valence-corrected chi connectivity index (χ3v) is 2.37. The Morgan fingerprint density at radius 2 is 1.87 bits per heavy atom. The van der Waals surface area contributed by atoms with E-state index in [9.17, 15) is 9.90 Å². The van der Waals surface area contributed by atoms with Gasteiger partial charge in [-0.15, -0.1) is 0 Å². The summed E-state index contributed by atoms with van der Waals surface area (Å²) >= 11 is 5.68. The lowest BCUT2D eigenvalue weighted by Crippen LogP contribution is -2.41. The first-order valence-electron chi connectivity index (χ1n) is 4.31. The maximum Gasteiger partial charge on any atom is 0.281 e. The number of carbonyl (C=O) groups is 1. The Hall–Kier alpha value is -1.10. The standard InChI is InChI=1S/C10H12ClNO3/c1-10(14,9(13)12(2)15)7-3-5-8(11)6-4-7/h3-6,14-15H,1-2H3. The molecule has 0 aliphatic heterocycles. The number of carbonyl (C=O) groups excluding carboxylic acids is 1. The molecule has 5 heteroatoms. The molecule has 0 spiro atoms. The van der Waals surface area contributed by atoms with Crippen molar-refractivity contribution in [2.75, 3.05) is 7.05 Å². The largest absolute Gasteiger partial charge is 0.375 e. The van der Waals surface area contributed by atoms with Crippen LogP contribution in [0.1, 0.15) is 12.5 Å². The number of nitrogens with zero attached hydrogens (tertiary/aromatic N) is 1. The smallest absolute Gasteiger partial charge is 0.281 e. The molecule has 0 saturated carbocycles. The average Bonchev–Trinajstić information content (AvgIpc) is 2.17. The molecule has 2 N–H and O–H groups in total. The molecular formula is C10H12ClNO3. The zero-order valence-corrected chi connectivity index (χ0v) is 9.19. The Morgan fingerprint density at radius 1 is 1.40 bits per heavy atom. The van der Waals surface area contributed by atoms with Crippen molar-refractivity contribution in [2.45, 2.75) is 12.5 Å². The Morgan fingerprint density at radius 3 is 2.27 bits per heavy atom. The lowest BCUT2D eigenvalue weighted by Gasteiger charge is -2.24. The predicted octanol–water partition coefficient (Wildman–Crippen LogP) is 1.40. The second kappa shape index (κ2) is 4.18. The van der Waals surface area contributed by atoms with Crippen molar-refractivity contribution in [2.24, 2.45) is 0 Å². The first-order valence-corrected chi connectivity index (χ1v) is 4.69. The number of hydrogen-bond acceptors (Lipinski definition) is 3. The minimum absolute atomic E-state index is 0.356. The molecular weight excluding hydrogens is 218 g/mol. The van der Waals surface area contributed by atoms with E-state index < -0.39 is 11.5 Å². The van der Waals surface area contributed by atoms with E-state index in [1.807, 2.05) is 0 Å². The van der Waals surface area contributed by atoms with E-state index in [1.54, 1.807) is 12.1 Å². The molecule has 0 radical (unpaired) electrons. The highest BCUT2D eigenvalue weighted by Gasteiger charge is 2.34. The van der Waals surface area contributed by atoms with Crippen molar-refractivity contribution < 1.29 is 15.1 Å². The molecule has 0 aliphatic rings. The van der Waals surface area contributed by atoms with Gasteiger partial charge in [0, 0.05) is 12.1 Å². The van der Waals surface area contributed by atoms with Crippen LogP contribution < -0.4 is 0 Å². The molecule has 82 valence electrons. The molecule has 0 fully saturated rings. The molecule has 0 heterocycles. The first kappa shape index (κ1) is 12.0. The summed E-state index contributed by atoms with van der Waals surface area (Å²) in [6.45, 7) is 1.31. The number of likely N-dealkylation sites (N-methyl/N-ethyl adjacent to an activating group) is 1. The highest BCUT2D eigenvalue weighted by Crippen LogP contribution is 2.23. The Balaban J connectivity index is 3.05. The lowest BCUT2D eigenvalue weighted by atomic mass is 9.95. The number of hydroxylamine groups is 2. The van der Waals surface area contributed by atoms with Crippen LogP contribution in [0.15, 0.2) is 24.3 Å². The van der Waals surface area contributed by atoms with Crippen molar-refractivity contribution >= 4 is 17.5 Å². The van der Waals surface area contributed by atoms with Crippen LogP contribution in [0.5, 0.6) is 0 Å². The normalized spacial score (nSPS) is 14.5. The third kappa shape index (κ3) is 2.47. The van der Waals surface area contributed by atoms with Gasteiger partial charge < -0.3 is 5.11 Å². The van der Waals surface area contributed by atoms with E-state index in [1.165, 1.54) is 19.1 Å². The topological polar surface area (TPSA) is 60.8 Å². The first-order chi connectivity index (χ1) is 6.85. The highest BCUT2D eigenvalue weighted by molar-refractivity contribution is 6.30. The predicted molar refractivity (Wildman–Crippen MR) is 55.6 cm³/mol. The average molecular weight is 230 g/mol. The summed E-state index contributed by atoms with van der Waals surface area (Å²) in [4.78, 5) is 11.4. The van der Waals surface area contributed by atoms with Gasteiger partial charge in [0.25, 0.3) is 5.91 Å². The molecule has 1 rings (SSSR count). The summed E-state index contributed by atoms with van der Waals surface area (Å²) in [6.07, 6.45) is 0. The molecule has 0 saturated heterocycles. The van der Waals surface area contributed by atoms with Crippen LogP contribution in [0, 0.1) is 0 Å². The van der Waals surface area contributed by atoms with Crippen molar-refractivity contribution in [3.05, 3.63) is 34.9 Å². The van der Waals surface area contributed by atoms with Crippen LogP contribution in [-0.4, -0.2) is 28.3 Å². The van der Waals surface area contributed by atoms with Gasteiger partial charge in [-0.3, -0.25) is 10.0 Å². The number of benzene rings is 1. The molecule has 1 aromatic rings. The molecule has 0 aliphatic carbocycles. The van der Waals surface area contributed by atoms with Crippen LogP contribution in [0.4, 0.5) is 0 Å². The number of hydrogen-bond donors (Lipinski definition) is 2. The summed E-state index contributed by atoms with van der Waals surface area (Å²) < 4.78 is 0. The second-order valence-electron chi connectivity index (χ2n) is 3.41. The SMILES string of the molecule is CN(O)C(=O)C(C)(O)c1ccc(Cl)cc1. The van der Waals surface area contributed by atoms with Gasteiger partial charge in [0.1, 0.15) is 0 Å². The Kier molecular flexibility index (Phi) is 3.34. The van der Waals surface area contributed by atoms with E-state index in [4.69, 9.17) is 16.8 Å². The van der Waals surface area contributed by atoms with Crippen LogP contribution in [-0.2, 0) is 10.4 Å². The quantitative estimate of drug-likeness (QED) is 0.595. The summed E-state index contributed by atoms with van der Waals surface area (Å²) in [6, 6.07) is 6.19. The number of amides is 1. The Labute approximate surface area is 92.7 Å². The van der Waals surface area contributed by atoms with Gasteiger partial charge in [0.05, 0.1) is 0 Å². The number of rotatable bonds is 2. The van der Waals surface area contributed by atoms with Crippen LogP contribution in [0.2, 0.25) is 5.02 Å². The maximum atomic E-state index is 11.4. The van der Waals surface area contributed by atoms with Crippen molar-refractivity contribution in [1.82, 2.24) is 5.06 Å². The van der Waals surface area contributed by atoms with Gasteiger partial charge in [0.2, 0.25) is 0 Å². The Bertz CT molecular complexity index is 359. The zero-order chi connectivity index (χ0) is 11.6. The lowest BCUT2D eigenvalue weighted by molar-refractivity contribution is -0.179. The van der Waals surface area contributed by atoms with E-state index in [-0.39, 0.29) is 0 Å². The second-order valence-corrected chi connectivity index (χ2v) is 3.84. The fourth-order valence-electron chi connectivity index (χ4n) is 1.21. The van der Waals surface area contributed by atoms with Crippen LogP contribution in [0.3, 0.4) is 0 Å². The van der Waals surface area contributed by atoms with Crippen LogP contribution in [0.25, 0.3) is 0 Å². The number of aliphatic hydroxyl groups is 1. The fraction of sp³-hybridized carbons (Fsp3) is 0.300. The molecule has 15 heavy (non-hydrogen) atoms. The zero-order valence-electron chi connectivity index (χ0n) is 8.44. The molecule has 0 bridgehead atoms. The molecule has 1 atom stereocenters. The monoisotopic (exact) mass is 229 g/mol. The summed E-state index contributed by atoms with van der Waals surface area (Å²) in [5, 5.41) is 19.8. The molecule has 1 unspecified atom stereocenters. The van der Waals surface area contributed by atoms with Gasteiger partial charge >= 0.3 is 0 Å². The van der Waals surface area contributed by atoms with Crippen LogP contribution >= 0.6 is 11.6 Å². The maximum absolute atomic E-state index is 11.4. The van der Waals surface area contributed by atoms with Gasteiger partial charge in [-0.2, -0.15) is 0 Å². The van der Waals surface area contributed by atoms with Gasteiger partial charge in [-0.05, 0) is 24.6 Å². The van der Waals surface area contributed by atoms with E-state index in [2.05, 4.69) is 0 Å². The van der Waals surface area contributed by atoms with E-state index >= 15 is 0 Å². The summed E-state index contributed by atoms with van der Waals surface area (Å²) in [7, 11) is 1.16. The fourth-order valence-corrected chi connectivity index (χ4v) is 1.34. The third-order valence-electron chi connectivity index (χ3n) is 2.12. The molecule has 0 aromatic heterocycles. The molecule has 1 aromatic carbocycles. The number of halogens is 1. The summed E-state index contributed by atoms with van der Waals surface area (Å²) in [5.41, 5.74) is -1.38. The minimum atomic E-state index is -1.76. The van der Waals surface area contributed by atoms with Crippen molar-refractivity contribution in [3.63, 3.8) is 0 Å². The molecule has 4 nitrogen and oxygen atoms in total. The highest BCUT2D eigenvalue weighted by atomic mass is 35.5. The van der Waals surface area contributed by atoms with Gasteiger partial charge in [-0.25, -0.2) is 5.06 Å².